The lowest BCUT2D eigenvalue weighted by molar-refractivity contribution is 0.325. The molecule has 0 unspecified atom stereocenters. The van der Waals surface area contributed by atoms with E-state index in [0.29, 0.717) is 0 Å². The van der Waals surface area contributed by atoms with Crippen molar-refractivity contribution in [2.45, 2.75) is 52.4 Å². The van der Waals surface area contributed by atoms with Gasteiger partial charge < -0.3 is 9.80 Å². The molecule has 2 aromatic carbocycles. The topological polar surface area (TPSA) is 31.2 Å². The first-order chi connectivity index (χ1) is 14.7. The maximum absolute atomic E-state index is 5.18. The van der Waals surface area contributed by atoms with Gasteiger partial charge in [-0.2, -0.15) is 0 Å². The van der Waals surface area contributed by atoms with E-state index in [-0.39, 0.29) is 0 Å². The number of nitrogens with zero attached hydrogens (tertiary/aromatic N) is 4. The summed E-state index contributed by atoms with van der Waals surface area (Å²) in [5, 5.41) is 0. The zero-order chi connectivity index (χ0) is 20.8. The summed E-state index contributed by atoms with van der Waals surface area (Å²) in [4.78, 5) is 15.3. The van der Waals surface area contributed by atoms with Gasteiger partial charge in [-0.25, -0.2) is 9.98 Å². The predicted molar refractivity (Wildman–Crippen MR) is 127 cm³/mol. The molecule has 2 heterocycles. The zero-order valence-electron chi connectivity index (χ0n) is 18.5. The summed E-state index contributed by atoms with van der Waals surface area (Å²) < 4.78 is 0. The van der Waals surface area contributed by atoms with E-state index < -0.39 is 0 Å². The van der Waals surface area contributed by atoms with Gasteiger partial charge in [0.15, 0.2) is 11.7 Å². The Kier molecular flexibility index (Phi) is 6.83. The fourth-order valence-electron chi connectivity index (χ4n) is 4.22. The summed E-state index contributed by atoms with van der Waals surface area (Å²) in [5.74, 6) is 2.09. The van der Waals surface area contributed by atoms with Crippen LogP contribution in [-0.2, 0) is 0 Å². The molecule has 2 fully saturated rings. The van der Waals surface area contributed by atoms with Crippen LogP contribution in [0.5, 0.6) is 0 Å². The van der Waals surface area contributed by atoms with Crippen LogP contribution in [-0.4, -0.2) is 47.7 Å². The fourth-order valence-corrected chi connectivity index (χ4v) is 4.22. The summed E-state index contributed by atoms with van der Waals surface area (Å²) in [7, 11) is 0. The van der Waals surface area contributed by atoms with Crippen molar-refractivity contribution >= 4 is 23.0 Å². The lowest BCUT2D eigenvalue weighted by Gasteiger charge is -2.36. The second-order valence-corrected chi connectivity index (χ2v) is 8.64. The molecule has 0 spiro atoms. The van der Waals surface area contributed by atoms with Crippen molar-refractivity contribution < 1.29 is 0 Å². The minimum absolute atomic E-state index is 1.01. The van der Waals surface area contributed by atoms with Gasteiger partial charge in [-0.3, -0.25) is 0 Å². The molecule has 158 valence electrons. The highest BCUT2D eigenvalue weighted by Crippen LogP contribution is 2.22. The van der Waals surface area contributed by atoms with E-state index in [2.05, 4.69) is 72.2 Å². The lowest BCUT2D eigenvalue weighted by Crippen LogP contribution is -2.48. The number of benzene rings is 2. The number of rotatable bonds is 2. The van der Waals surface area contributed by atoms with Crippen LogP contribution in [0.1, 0.15) is 49.7 Å². The summed E-state index contributed by atoms with van der Waals surface area (Å²) in [6.45, 7) is 8.49. The largest absolute Gasteiger partial charge is 0.354 e. The summed E-state index contributed by atoms with van der Waals surface area (Å²) in [6, 6.07) is 17.1. The molecule has 2 aliphatic rings. The monoisotopic (exact) mass is 402 g/mol. The van der Waals surface area contributed by atoms with E-state index in [0.717, 1.165) is 49.2 Å². The van der Waals surface area contributed by atoms with Crippen molar-refractivity contribution in [3.63, 3.8) is 0 Å². The minimum Gasteiger partial charge on any atom is -0.354 e. The van der Waals surface area contributed by atoms with E-state index in [1.807, 2.05) is 0 Å². The van der Waals surface area contributed by atoms with E-state index in [1.165, 1.54) is 49.7 Å². The van der Waals surface area contributed by atoms with E-state index in [9.17, 15) is 0 Å². The number of aryl methyl sites for hydroxylation is 2. The van der Waals surface area contributed by atoms with Crippen LogP contribution in [0.4, 0.5) is 11.4 Å². The first-order valence-electron chi connectivity index (χ1n) is 11.5. The molecule has 0 atom stereocenters. The second kappa shape index (κ2) is 9.92. The van der Waals surface area contributed by atoms with Crippen molar-refractivity contribution in [1.29, 1.82) is 0 Å². The van der Waals surface area contributed by atoms with Gasteiger partial charge in [0.1, 0.15) is 0 Å². The Morgan fingerprint density at radius 1 is 0.533 bits per heavy atom. The molecule has 0 saturated carbocycles. The van der Waals surface area contributed by atoms with Crippen LogP contribution >= 0.6 is 0 Å². The zero-order valence-corrected chi connectivity index (χ0v) is 18.5. The van der Waals surface area contributed by atoms with Crippen LogP contribution in [0, 0.1) is 13.8 Å². The minimum atomic E-state index is 1.01. The maximum atomic E-state index is 5.18. The first kappa shape index (κ1) is 20.6. The Bertz CT molecular complexity index is 793. The Morgan fingerprint density at radius 3 is 1.20 bits per heavy atom. The molecule has 0 radical (unpaired) electrons. The standard InChI is InChI=1S/C26H34N4/c1-21-9-13-23(14-10-21)27-25(29-17-5-3-6-18-29)26(30-19-7-4-8-20-30)28-24-15-11-22(2)12-16-24/h9-16H,3-8,17-20H2,1-2H3. The van der Waals surface area contributed by atoms with Gasteiger partial charge in [0.2, 0.25) is 0 Å². The predicted octanol–water partition coefficient (Wildman–Crippen LogP) is 6.04. The molecule has 0 N–H and O–H groups in total. The molecule has 4 nitrogen and oxygen atoms in total. The molecular formula is C26H34N4. The van der Waals surface area contributed by atoms with Gasteiger partial charge in [-0.1, -0.05) is 35.4 Å². The molecule has 2 aliphatic heterocycles. The molecule has 2 saturated heterocycles. The highest BCUT2D eigenvalue weighted by Gasteiger charge is 2.26. The van der Waals surface area contributed by atoms with Gasteiger partial charge in [-0.05, 0) is 76.6 Å². The molecule has 0 aromatic heterocycles. The summed E-state index contributed by atoms with van der Waals surface area (Å²) >= 11 is 0. The van der Waals surface area contributed by atoms with E-state index in [1.54, 1.807) is 0 Å². The van der Waals surface area contributed by atoms with Gasteiger partial charge in [0.25, 0.3) is 0 Å². The number of aliphatic imine (C=N–C) groups is 2. The number of hydrogen-bond donors (Lipinski definition) is 0. The molecule has 0 amide bonds. The van der Waals surface area contributed by atoms with Crippen molar-refractivity contribution in [2.24, 2.45) is 9.98 Å². The van der Waals surface area contributed by atoms with Gasteiger partial charge in [0, 0.05) is 26.2 Å². The number of amidine groups is 2. The molecular weight excluding hydrogens is 368 g/mol. The molecule has 30 heavy (non-hydrogen) atoms. The third-order valence-corrected chi connectivity index (χ3v) is 6.05. The SMILES string of the molecule is Cc1ccc(N=C(C(=Nc2ccc(C)cc2)N2CCCCC2)N2CCCCC2)cc1. The summed E-state index contributed by atoms with van der Waals surface area (Å²) in [5.41, 5.74) is 4.54. The molecule has 4 heteroatoms. The van der Waals surface area contributed by atoms with Crippen LogP contribution in [0.15, 0.2) is 58.5 Å². The Balaban J connectivity index is 1.78. The maximum Gasteiger partial charge on any atom is 0.172 e. The van der Waals surface area contributed by atoms with Gasteiger partial charge in [-0.15, -0.1) is 0 Å². The van der Waals surface area contributed by atoms with E-state index >= 15 is 0 Å². The van der Waals surface area contributed by atoms with E-state index in [4.69, 9.17) is 9.98 Å². The second-order valence-electron chi connectivity index (χ2n) is 8.64. The third-order valence-electron chi connectivity index (χ3n) is 6.05. The third kappa shape index (κ3) is 5.29. The van der Waals surface area contributed by atoms with Crippen molar-refractivity contribution in [1.82, 2.24) is 9.80 Å². The Hall–Kier alpha value is -2.62. The smallest absolute Gasteiger partial charge is 0.172 e. The quantitative estimate of drug-likeness (QED) is 0.453. The molecule has 4 rings (SSSR count). The fraction of sp³-hybridized carbons (Fsp3) is 0.462. The highest BCUT2D eigenvalue weighted by atomic mass is 15.3. The summed E-state index contributed by atoms with van der Waals surface area (Å²) in [6.07, 6.45) is 7.52. The normalized spacial score (nSPS) is 18.6. The van der Waals surface area contributed by atoms with Crippen LogP contribution in [0.3, 0.4) is 0 Å². The average Bonchev–Trinajstić information content (AvgIpc) is 2.80. The van der Waals surface area contributed by atoms with Gasteiger partial charge >= 0.3 is 0 Å². The Labute approximate surface area is 181 Å². The lowest BCUT2D eigenvalue weighted by atomic mass is 10.1. The number of likely N-dealkylation sites (tertiary alicyclic amines) is 2. The number of hydrogen-bond acceptors (Lipinski definition) is 2. The molecule has 0 bridgehead atoms. The number of piperidine rings is 2. The van der Waals surface area contributed by atoms with Crippen molar-refractivity contribution in [2.75, 3.05) is 26.2 Å². The van der Waals surface area contributed by atoms with Crippen LogP contribution in [0.25, 0.3) is 0 Å². The van der Waals surface area contributed by atoms with Gasteiger partial charge in [0.05, 0.1) is 11.4 Å². The van der Waals surface area contributed by atoms with Crippen LogP contribution < -0.4 is 0 Å². The highest BCUT2D eigenvalue weighted by molar-refractivity contribution is 6.41. The molecule has 2 aromatic rings. The van der Waals surface area contributed by atoms with Crippen molar-refractivity contribution in [3.8, 4) is 0 Å². The van der Waals surface area contributed by atoms with Crippen molar-refractivity contribution in [3.05, 3.63) is 59.7 Å². The Morgan fingerprint density at radius 2 is 0.867 bits per heavy atom. The molecule has 0 aliphatic carbocycles. The first-order valence-corrected chi connectivity index (χ1v) is 11.5. The van der Waals surface area contributed by atoms with Crippen LogP contribution in [0.2, 0.25) is 0 Å². The average molecular weight is 403 g/mol.